The van der Waals surface area contributed by atoms with Gasteiger partial charge in [-0.05, 0) is 37.6 Å². The maximum absolute atomic E-state index is 5.83. The zero-order chi connectivity index (χ0) is 13.1. The second kappa shape index (κ2) is 5.35. The molecule has 2 aromatic rings. The molecule has 0 fully saturated rings. The molecule has 0 unspecified atom stereocenters. The number of benzene rings is 1. The summed E-state index contributed by atoms with van der Waals surface area (Å²) in [5.41, 5.74) is 1.95. The third kappa shape index (κ3) is 2.79. The first-order valence-corrected chi connectivity index (χ1v) is 6.35. The van der Waals surface area contributed by atoms with Crippen LogP contribution in [0.3, 0.4) is 0 Å². The van der Waals surface area contributed by atoms with E-state index in [4.69, 9.17) is 4.74 Å². The number of rotatable bonds is 3. The third-order valence-electron chi connectivity index (χ3n) is 2.49. The number of aromatic nitrogens is 2. The van der Waals surface area contributed by atoms with Crippen molar-refractivity contribution in [2.45, 2.75) is 13.8 Å². The van der Waals surface area contributed by atoms with E-state index in [-0.39, 0.29) is 0 Å². The lowest BCUT2D eigenvalue weighted by atomic mass is 10.2. The van der Waals surface area contributed by atoms with E-state index in [0.717, 1.165) is 21.3 Å². The first kappa shape index (κ1) is 12.8. The first-order valence-electron chi connectivity index (χ1n) is 5.55. The van der Waals surface area contributed by atoms with E-state index in [9.17, 15) is 0 Å². The molecule has 0 spiro atoms. The Morgan fingerprint density at radius 2 is 2.00 bits per heavy atom. The molecule has 0 aliphatic carbocycles. The molecule has 1 N–H and O–H groups in total. The summed E-state index contributed by atoms with van der Waals surface area (Å²) in [6.45, 7) is 3.92. The van der Waals surface area contributed by atoms with Crippen molar-refractivity contribution in [3.63, 3.8) is 0 Å². The summed E-state index contributed by atoms with van der Waals surface area (Å²) < 4.78 is 6.86. The fraction of sp³-hybridized carbons (Fsp3) is 0.231. The van der Waals surface area contributed by atoms with Crippen molar-refractivity contribution < 1.29 is 4.74 Å². The second-order valence-electron chi connectivity index (χ2n) is 3.94. The minimum Gasteiger partial charge on any atom is -0.438 e. The quantitative estimate of drug-likeness (QED) is 0.939. The molecule has 0 atom stereocenters. The van der Waals surface area contributed by atoms with Gasteiger partial charge >= 0.3 is 0 Å². The molecule has 0 bridgehead atoms. The smallest absolute Gasteiger partial charge is 0.226 e. The Bertz CT molecular complexity index is 572. The lowest BCUT2D eigenvalue weighted by molar-refractivity contribution is 0.455. The van der Waals surface area contributed by atoms with Crippen molar-refractivity contribution in [3.05, 3.63) is 40.0 Å². The van der Waals surface area contributed by atoms with E-state index < -0.39 is 0 Å². The minimum atomic E-state index is 0.547. The first-order chi connectivity index (χ1) is 8.60. The summed E-state index contributed by atoms with van der Waals surface area (Å²) >= 11 is 3.43. The summed E-state index contributed by atoms with van der Waals surface area (Å²) in [4.78, 5) is 8.42. The van der Waals surface area contributed by atoms with E-state index in [1.54, 1.807) is 13.2 Å². The summed E-state index contributed by atoms with van der Waals surface area (Å²) in [7, 11) is 1.78. The van der Waals surface area contributed by atoms with Crippen LogP contribution in [0.25, 0.3) is 0 Å². The predicted octanol–water partition coefficient (Wildman–Crippen LogP) is 3.69. The largest absolute Gasteiger partial charge is 0.438 e. The Balaban J connectivity index is 2.33. The highest BCUT2D eigenvalue weighted by atomic mass is 79.9. The van der Waals surface area contributed by atoms with Gasteiger partial charge in [0, 0.05) is 23.3 Å². The molecule has 1 heterocycles. The maximum atomic E-state index is 5.83. The summed E-state index contributed by atoms with van der Waals surface area (Å²) in [6.07, 6.45) is 1.74. The van der Waals surface area contributed by atoms with Crippen LogP contribution in [0.2, 0.25) is 0 Å². The molecule has 2 rings (SSSR count). The van der Waals surface area contributed by atoms with Gasteiger partial charge in [-0.2, -0.15) is 4.98 Å². The van der Waals surface area contributed by atoms with Gasteiger partial charge in [0.15, 0.2) is 0 Å². The topological polar surface area (TPSA) is 47.0 Å². The van der Waals surface area contributed by atoms with E-state index >= 15 is 0 Å². The predicted molar refractivity (Wildman–Crippen MR) is 75.3 cm³/mol. The second-order valence-corrected chi connectivity index (χ2v) is 4.86. The van der Waals surface area contributed by atoms with Crippen molar-refractivity contribution in [1.82, 2.24) is 9.97 Å². The van der Waals surface area contributed by atoms with Crippen LogP contribution in [-0.4, -0.2) is 17.0 Å². The Morgan fingerprint density at radius 1 is 1.22 bits per heavy atom. The average Bonchev–Trinajstić information content (AvgIpc) is 2.35. The molecule has 94 valence electrons. The molecule has 0 saturated heterocycles. The molecule has 0 amide bonds. The molecule has 1 aromatic heterocycles. The highest BCUT2D eigenvalue weighted by molar-refractivity contribution is 9.10. The Hall–Kier alpha value is -1.62. The van der Waals surface area contributed by atoms with Gasteiger partial charge in [0.1, 0.15) is 5.75 Å². The lowest BCUT2D eigenvalue weighted by Gasteiger charge is -2.10. The van der Waals surface area contributed by atoms with Gasteiger partial charge in [0.25, 0.3) is 0 Å². The number of ether oxygens (including phenoxy) is 1. The average molecular weight is 308 g/mol. The van der Waals surface area contributed by atoms with Gasteiger partial charge in [0.05, 0.1) is 0 Å². The van der Waals surface area contributed by atoms with Crippen LogP contribution >= 0.6 is 15.9 Å². The SMILES string of the molecule is CNc1ncc(C)c(Oc2ccc(Br)cc2C)n1. The van der Waals surface area contributed by atoms with E-state index in [1.165, 1.54) is 0 Å². The van der Waals surface area contributed by atoms with Gasteiger partial charge in [-0.25, -0.2) is 4.98 Å². The molecule has 0 saturated carbocycles. The summed E-state index contributed by atoms with van der Waals surface area (Å²) in [6, 6.07) is 5.86. The highest BCUT2D eigenvalue weighted by Crippen LogP contribution is 2.28. The van der Waals surface area contributed by atoms with Crippen molar-refractivity contribution in [2.24, 2.45) is 0 Å². The standard InChI is InChI=1S/C13H14BrN3O/c1-8-6-10(14)4-5-11(8)18-12-9(2)7-16-13(15-3)17-12/h4-7H,1-3H3,(H,15,16,17). The number of hydrogen-bond acceptors (Lipinski definition) is 4. The van der Waals surface area contributed by atoms with Gasteiger partial charge in [-0.1, -0.05) is 15.9 Å². The van der Waals surface area contributed by atoms with E-state index in [2.05, 4.69) is 31.2 Å². The molecule has 1 aromatic carbocycles. The summed E-state index contributed by atoms with van der Waals surface area (Å²) in [5.74, 6) is 1.91. The fourth-order valence-corrected chi connectivity index (χ4v) is 1.96. The van der Waals surface area contributed by atoms with Crippen molar-refractivity contribution >= 4 is 21.9 Å². The zero-order valence-electron chi connectivity index (χ0n) is 10.5. The Kier molecular flexibility index (Phi) is 3.81. The number of hydrogen-bond donors (Lipinski definition) is 1. The van der Waals surface area contributed by atoms with Gasteiger partial charge in [-0.15, -0.1) is 0 Å². The lowest BCUT2D eigenvalue weighted by Crippen LogP contribution is -2.00. The number of halogens is 1. The number of aryl methyl sites for hydroxylation is 2. The number of anilines is 1. The fourth-order valence-electron chi connectivity index (χ4n) is 1.48. The molecule has 0 aliphatic rings. The van der Waals surface area contributed by atoms with Crippen LogP contribution in [0.1, 0.15) is 11.1 Å². The Labute approximate surface area is 115 Å². The van der Waals surface area contributed by atoms with E-state index in [1.807, 2.05) is 32.0 Å². The summed E-state index contributed by atoms with van der Waals surface area (Å²) in [5, 5.41) is 2.89. The maximum Gasteiger partial charge on any atom is 0.226 e. The molecule has 0 aliphatic heterocycles. The molecule has 18 heavy (non-hydrogen) atoms. The Morgan fingerprint density at radius 3 is 2.67 bits per heavy atom. The van der Waals surface area contributed by atoms with Crippen molar-refractivity contribution in [3.8, 4) is 11.6 Å². The van der Waals surface area contributed by atoms with Crippen LogP contribution in [0.15, 0.2) is 28.9 Å². The molecule has 5 heteroatoms. The monoisotopic (exact) mass is 307 g/mol. The number of nitrogens with one attached hydrogen (secondary N) is 1. The molecule has 0 radical (unpaired) electrons. The van der Waals surface area contributed by atoms with Crippen LogP contribution in [0.5, 0.6) is 11.6 Å². The van der Waals surface area contributed by atoms with Crippen LogP contribution in [0, 0.1) is 13.8 Å². The zero-order valence-corrected chi connectivity index (χ0v) is 12.1. The van der Waals surface area contributed by atoms with Crippen LogP contribution in [-0.2, 0) is 0 Å². The highest BCUT2D eigenvalue weighted by Gasteiger charge is 2.07. The molecular weight excluding hydrogens is 294 g/mol. The third-order valence-corrected chi connectivity index (χ3v) is 2.99. The van der Waals surface area contributed by atoms with Gasteiger partial charge in [0.2, 0.25) is 11.8 Å². The normalized spacial score (nSPS) is 10.2. The molecule has 4 nitrogen and oxygen atoms in total. The van der Waals surface area contributed by atoms with Crippen LogP contribution < -0.4 is 10.1 Å². The van der Waals surface area contributed by atoms with Gasteiger partial charge in [-0.3, -0.25) is 0 Å². The van der Waals surface area contributed by atoms with Crippen LogP contribution in [0.4, 0.5) is 5.95 Å². The minimum absolute atomic E-state index is 0.547. The molecular formula is C13H14BrN3O. The van der Waals surface area contributed by atoms with Gasteiger partial charge < -0.3 is 10.1 Å². The van der Waals surface area contributed by atoms with E-state index in [0.29, 0.717) is 11.8 Å². The van der Waals surface area contributed by atoms with Crippen molar-refractivity contribution in [2.75, 3.05) is 12.4 Å². The van der Waals surface area contributed by atoms with Crippen molar-refractivity contribution in [1.29, 1.82) is 0 Å². The number of nitrogens with zero attached hydrogens (tertiary/aromatic N) is 2.